The van der Waals surface area contributed by atoms with Crippen molar-refractivity contribution in [2.45, 2.75) is 39.2 Å². The van der Waals surface area contributed by atoms with Gasteiger partial charge in [0.15, 0.2) is 0 Å². The van der Waals surface area contributed by atoms with Gasteiger partial charge in [-0.15, -0.1) is 0 Å². The number of pyridine rings is 1. The maximum absolute atomic E-state index is 11.9. The third-order valence-corrected chi connectivity index (χ3v) is 2.99. The van der Waals surface area contributed by atoms with E-state index in [1.807, 2.05) is 6.92 Å². The van der Waals surface area contributed by atoms with E-state index in [9.17, 15) is 14.9 Å². The first-order valence-corrected chi connectivity index (χ1v) is 6.32. The monoisotopic (exact) mass is 281 g/mol. The number of nitrogens with one attached hydrogen (secondary N) is 1. The molecule has 0 radical (unpaired) electrons. The van der Waals surface area contributed by atoms with Crippen LogP contribution in [0.3, 0.4) is 0 Å². The van der Waals surface area contributed by atoms with Crippen LogP contribution in [-0.4, -0.2) is 28.5 Å². The minimum absolute atomic E-state index is 0.0800. The highest BCUT2D eigenvalue weighted by atomic mass is 16.6. The topological polar surface area (TPSA) is 94.4 Å². The minimum Gasteiger partial charge on any atom is -0.467 e. The van der Waals surface area contributed by atoms with Crippen LogP contribution in [0.2, 0.25) is 0 Å². The van der Waals surface area contributed by atoms with E-state index < -0.39 is 16.4 Å². The quantitative estimate of drug-likeness (QED) is 0.489. The van der Waals surface area contributed by atoms with E-state index in [1.54, 1.807) is 19.9 Å². The number of rotatable bonds is 6. The molecule has 0 spiro atoms. The number of ether oxygens (including phenoxy) is 1. The van der Waals surface area contributed by atoms with Gasteiger partial charge in [-0.3, -0.25) is 10.1 Å². The number of methoxy groups -OCH3 is 1. The Hall–Kier alpha value is -2.18. The standard InChI is InChI=1S/C13H19N3O4/c1-5-8-13(3,12(17)20-4)15-11-10(16(18)19)7-6-9(2)14-11/h6-7H,5,8H2,1-4H3,(H,14,15). The van der Waals surface area contributed by atoms with Crippen molar-refractivity contribution in [2.24, 2.45) is 0 Å². The molecule has 0 aromatic carbocycles. The summed E-state index contributed by atoms with van der Waals surface area (Å²) in [6, 6.07) is 2.92. The van der Waals surface area contributed by atoms with Gasteiger partial charge in [0, 0.05) is 11.8 Å². The number of aryl methyl sites for hydroxylation is 1. The molecule has 110 valence electrons. The lowest BCUT2D eigenvalue weighted by molar-refractivity contribution is -0.384. The summed E-state index contributed by atoms with van der Waals surface area (Å²) in [7, 11) is 1.29. The van der Waals surface area contributed by atoms with Gasteiger partial charge in [0.25, 0.3) is 0 Å². The minimum atomic E-state index is -1.05. The Morgan fingerprint density at radius 3 is 2.70 bits per heavy atom. The zero-order valence-electron chi connectivity index (χ0n) is 12.1. The zero-order valence-corrected chi connectivity index (χ0v) is 12.1. The Morgan fingerprint density at radius 2 is 2.20 bits per heavy atom. The van der Waals surface area contributed by atoms with E-state index in [0.29, 0.717) is 12.1 Å². The van der Waals surface area contributed by atoms with Crippen LogP contribution in [0.25, 0.3) is 0 Å². The first-order valence-electron chi connectivity index (χ1n) is 6.32. The number of hydrogen-bond donors (Lipinski definition) is 1. The predicted octanol–water partition coefficient (Wildman–Crippen LogP) is 2.44. The van der Waals surface area contributed by atoms with Crippen molar-refractivity contribution >= 4 is 17.5 Å². The van der Waals surface area contributed by atoms with Gasteiger partial charge < -0.3 is 10.1 Å². The van der Waals surface area contributed by atoms with Crippen LogP contribution in [0.4, 0.5) is 11.5 Å². The molecular weight excluding hydrogens is 262 g/mol. The van der Waals surface area contributed by atoms with Crippen LogP contribution < -0.4 is 5.32 Å². The summed E-state index contributed by atoms with van der Waals surface area (Å²) < 4.78 is 4.77. The maximum atomic E-state index is 11.9. The van der Waals surface area contributed by atoms with Crippen molar-refractivity contribution in [1.29, 1.82) is 0 Å². The second-order valence-electron chi connectivity index (χ2n) is 4.78. The molecule has 0 saturated heterocycles. The molecule has 0 aliphatic rings. The Labute approximate surface area is 117 Å². The average Bonchev–Trinajstić information content (AvgIpc) is 2.37. The van der Waals surface area contributed by atoms with E-state index in [0.717, 1.165) is 6.42 Å². The number of nitrogens with zero attached hydrogens (tertiary/aromatic N) is 2. The highest BCUT2D eigenvalue weighted by Gasteiger charge is 2.35. The molecule has 0 amide bonds. The summed E-state index contributed by atoms with van der Waals surface area (Å²) in [5.41, 5.74) is -0.585. The molecule has 7 nitrogen and oxygen atoms in total. The molecular formula is C13H19N3O4. The van der Waals surface area contributed by atoms with Crippen molar-refractivity contribution in [3.8, 4) is 0 Å². The van der Waals surface area contributed by atoms with Crippen molar-refractivity contribution in [3.05, 3.63) is 27.9 Å². The van der Waals surface area contributed by atoms with Crippen LogP contribution in [0.15, 0.2) is 12.1 Å². The van der Waals surface area contributed by atoms with Crippen molar-refractivity contribution in [1.82, 2.24) is 4.98 Å². The molecule has 0 bridgehead atoms. The first-order chi connectivity index (χ1) is 9.34. The van der Waals surface area contributed by atoms with Crippen LogP contribution in [0.5, 0.6) is 0 Å². The number of nitro groups is 1. The lowest BCUT2D eigenvalue weighted by Gasteiger charge is -2.27. The number of hydrogen-bond acceptors (Lipinski definition) is 6. The summed E-state index contributed by atoms with van der Waals surface area (Å²) in [5.74, 6) is -0.395. The van der Waals surface area contributed by atoms with Gasteiger partial charge in [-0.2, -0.15) is 0 Å². The second-order valence-corrected chi connectivity index (χ2v) is 4.78. The van der Waals surface area contributed by atoms with Crippen molar-refractivity contribution < 1.29 is 14.5 Å². The summed E-state index contributed by atoms with van der Waals surface area (Å²) in [4.78, 5) is 26.5. The summed E-state index contributed by atoms with van der Waals surface area (Å²) in [5, 5.41) is 13.9. The molecule has 0 aliphatic carbocycles. The molecule has 1 heterocycles. The number of aromatic nitrogens is 1. The fraction of sp³-hybridized carbons (Fsp3) is 0.538. The second kappa shape index (κ2) is 6.31. The highest BCUT2D eigenvalue weighted by molar-refractivity contribution is 5.84. The molecule has 1 rings (SSSR count). The average molecular weight is 281 g/mol. The molecule has 1 atom stereocenters. The van der Waals surface area contributed by atoms with E-state index in [-0.39, 0.29) is 11.5 Å². The molecule has 0 saturated carbocycles. The molecule has 1 aromatic heterocycles. The van der Waals surface area contributed by atoms with Gasteiger partial charge >= 0.3 is 11.7 Å². The summed E-state index contributed by atoms with van der Waals surface area (Å²) in [6.07, 6.45) is 1.20. The predicted molar refractivity (Wildman–Crippen MR) is 74.6 cm³/mol. The Kier molecular flexibility index (Phi) is 5.01. The van der Waals surface area contributed by atoms with E-state index in [2.05, 4.69) is 10.3 Å². The molecule has 1 N–H and O–H groups in total. The third-order valence-electron chi connectivity index (χ3n) is 2.99. The lowest BCUT2D eigenvalue weighted by atomic mass is 9.96. The Bertz CT molecular complexity index is 518. The lowest BCUT2D eigenvalue weighted by Crippen LogP contribution is -2.44. The van der Waals surface area contributed by atoms with E-state index in [1.165, 1.54) is 13.2 Å². The molecule has 0 fully saturated rings. The Morgan fingerprint density at radius 1 is 1.55 bits per heavy atom. The maximum Gasteiger partial charge on any atom is 0.331 e. The number of carbonyl (C=O) groups excluding carboxylic acids is 1. The van der Waals surface area contributed by atoms with Crippen molar-refractivity contribution in [2.75, 3.05) is 12.4 Å². The normalized spacial score (nSPS) is 13.4. The van der Waals surface area contributed by atoms with Crippen molar-refractivity contribution in [3.63, 3.8) is 0 Å². The SMILES string of the molecule is CCCC(C)(Nc1nc(C)ccc1[N+](=O)[O-])C(=O)OC. The summed E-state index contributed by atoms with van der Waals surface area (Å²) >= 11 is 0. The number of esters is 1. The van der Waals surface area contributed by atoms with Crippen LogP contribution in [-0.2, 0) is 9.53 Å². The van der Waals surface area contributed by atoms with Gasteiger partial charge in [-0.1, -0.05) is 13.3 Å². The number of anilines is 1. The molecule has 1 unspecified atom stereocenters. The van der Waals surface area contributed by atoms with E-state index in [4.69, 9.17) is 4.74 Å². The van der Waals surface area contributed by atoms with Gasteiger partial charge in [0.2, 0.25) is 5.82 Å². The smallest absolute Gasteiger partial charge is 0.331 e. The van der Waals surface area contributed by atoms with Gasteiger partial charge in [-0.05, 0) is 26.3 Å². The summed E-state index contributed by atoms with van der Waals surface area (Å²) in [6.45, 7) is 5.29. The third kappa shape index (κ3) is 3.43. The highest BCUT2D eigenvalue weighted by Crippen LogP contribution is 2.27. The molecule has 20 heavy (non-hydrogen) atoms. The number of carbonyl (C=O) groups is 1. The van der Waals surface area contributed by atoms with E-state index >= 15 is 0 Å². The van der Waals surface area contributed by atoms with Crippen LogP contribution in [0.1, 0.15) is 32.4 Å². The Balaban J connectivity index is 3.20. The van der Waals surface area contributed by atoms with Gasteiger partial charge in [-0.25, -0.2) is 9.78 Å². The zero-order chi connectivity index (χ0) is 15.3. The van der Waals surface area contributed by atoms with Gasteiger partial charge in [0.05, 0.1) is 12.0 Å². The molecule has 0 aliphatic heterocycles. The fourth-order valence-corrected chi connectivity index (χ4v) is 1.99. The molecule has 1 aromatic rings. The largest absolute Gasteiger partial charge is 0.467 e. The van der Waals surface area contributed by atoms with Crippen LogP contribution in [0, 0.1) is 17.0 Å². The van der Waals surface area contributed by atoms with Gasteiger partial charge in [0.1, 0.15) is 5.54 Å². The fourth-order valence-electron chi connectivity index (χ4n) is 1.99. The van der Waals surface area contributed by atoms with Crippen LogP contribution >= 0.6 is 0 Å². The first kappa shape index (κ1) is 15.9. The molecule has 7 heteroatoms.